The minimum absolute atomic E-state index is 0. The van der Waals surface area contributed by atoms with E-state index >= 15 is 0 Å². The summed E-state index contributed by atoms with van der Waals surface area (Å²) in [6.45, 7) is 1.80. The van der Waals surface area contributed by atoms with Gasteiger partial charge in [0.05, 0.1) is 12.2 Å². The Bertz CT molecular complexity index is 522. The van der Waals surface area contributed by atoms with Crippen LogP contribution in [0.1, 0.15) is 56.6 Å². The lowest BCUT2D eigenvalue weighted by molar-refractivity contribution is 0.298. The third-order valence-electron chi connectivity index (χ3n) is 5.23. The fourth-order valence-corrected chi connectivity index (χ4v) is 3.70. The molecule has 1 aliphatic carbocycles. The van der Waals surface area contributed by atoms with E-state index in [1.54, 1.807) is 0 Å². The molecule has 0 amide bonds. The first-order valence-electron chi connectivity index (χ1n) is 9.69. The Balaban J connectivity index is 0.00000338. The molecule has 1 aliphatic rings. The molecule has 0 aliphatic heterocycles. The molecule has 6 nitrogen and oxygen atoms in total. The molecule has 1 unspecified atom stereocenters. The number of halogens is 1. The number of rotatable bonds is 8. The van der Waals surface area contributed by atoms with Gasteiger partial charge in [0.2, 0.25) is 0 Å². The van der Waals surface area contributed by atoms with Crippen molar-refractivity contribution >= 4 is 29.9 Å². The molecular formula is C19H37IN6. The van der Waals surface area contributed by atoms with E-state index in [1.165, 1.54) is 50.5 Å². The monoisotopic (exact) mass is 476 g/mol. The zero-order chi connectivity index (χ0) is 18.1. The Morgan fingerprint density at radius 2 is 2.04 bits per heavy atom. The van der Waals surface area contributed by atoms with Crippen LogP contribution in [0.2, 0.25) is 0 Å². The van der Waals surface area contributed by atoms with Crippen LogP contribution in [0, 0.1) is 5.92 Å². The third-order valence-corrected chi connectivity index (χ3v) is 5.23. The molecule has 1 fully saturated rings. The smallest absolute Gasteiger partial charge is 0.191 e. The summed E-state index contributed by atoms with van der Waals surface area (Å²) in [5.74, 6) is 1.84. The van der Waals surface area contributed by atoms with Crippen molar-refractivity contribution < 1.29 is 0 Å². The molecule has 7 heteroatoms. The predicted molar refractivity (Wildman–Crippen MR) is 120 cm³/mol. The zero-order valence-corrected chi connectivity index (χ0v) is 19.2. The summed E-state index contributed by atoms with van der Waals surface area (Å²) in [4.78, 5) is 6.57. The van der Waals surface area contributed by atoms with Crippen molar-refractivity contribution in [2.45, 2.75) is 51.0 Å². The zero-order valence-electron chi connectivity index (χ0n) is 16.9. The average Bonchev–Trinajstić information content (AvgIpc) is 3.03. The number of aryl methyl sites for hydroxylation is 1. The molecule has 0 radical (unpaired) electrons. The highest BCUT2D eigenvalue weighted by Gasteiger charge is 2.16. The second kappa shape index (κ2) is 12.5. The average molecular weight is 476 g/mol. The molecule has 1 aromatic rings. The molecule has 0 aromatic carbocycles. The van der Waals surface area contributed by atoms with E-state index in [1.807, 2.05) is 25.0 Å². The maximum Gasteiger partial charge on any atom is 0.191 e. The van der Waals surface area contributed by atoms with Gasteiger partial charge in [0.15, 0.2) is 5.96 Å². The Labute approximate surface area is 176 Å². The summed E-state index contributed by atoms with van der Waals surface area (Å²) in [7, 11) is 7.99. The van der Waals surface area contributed by atoms with Gasteiger partial charge in [-0.2, -0.15) is 5.10 Å². The van der Waals surface area contributed by atoms with Crippen molar-refractivity contribution in [3.8, 4) is 0 Å². The van der Waals surface area contributed by atoms with Gasteiger partial charge >= 0.3 is 0 Å². The van der Waals surface area contributed by atoms with Crippen LogP contribution in [0.15, 0.2) is 17.4 Å². The number of nitrogens with one attached hydrogen (secondary N) is 2. The number of guanidine groups is 1. The van der Waals surface area contributed by atoms with Crippen molar-refractivity contribution in [2.75, 3.05) is 34.2 Å². The van der Waals surface area contributed by atoms with Gasteiger partial charge in [-0.1, -0.05) is 32.1 Å². The summed E-state index contributed by atoms with van der Waals surface area (Å²) in [5.41, 5.74) is 1.22. The van der Waals surface area contributed by atoms with Crippen LogP contribution >= 0.6 is 24.0 Å². The van der Waals surface area contributed by atoms with E-state index in [2.05, 4.69) is 45.9 Å². The van der Waals surface area contributed by atoms with Gasteiger partial charge in [-0.25, -0.2) is 0 Å². The largest absolute Gasteiger partial charge is 0.356 e. The van der Waals surface area contributed by atoms with Gasteiger partial charge in [-0.3, -0.25) is 9.67 Å². The van der Waals surface area contributed by atoms with E-state index in [0.29, 0.717) is 0 Å². The Kier molecular flexibility index (Phi) is 11.2. The minimum atomic E-state index is 0. The van der Waals surface area contributed by atoms with Crippen molar-refractivity contribution in [1.82, 2.24) is 25.3 Å². The van der Waals surface area contributed by atoms with Gasteiger partial charge in [0.25, 0.3) is 0 Å². The first kappa shape index (κ1) is 23.2. The molecule has 1 aromatic heterocycles. The quantitative estimate of drug-likeness (QED) is 0.262. The number of likely N-dealkylation sites (N-methyl/N-ethyl adjacent to an activating group) is 1. The molecule has 2 N–H and O–H groups in total. The maximum atomic E-state index is 4.36. The second-order valence-corrected chi connectivity index (χ2v) is 7.45. The number of hydrogen-bond donors (Lipinski definition) is 2. The van der Waals surface area contributed by atoms with E-state index in [-0.39, 0.29) is 30.0 Å². The molecule has 0 spiro atoms. The second-order valence-electron chi connectivity index (χ2n) is 7.45. The molecule has 1 heterocycles. The number of hydrogen-bond acceptors (Lipinski definition) is 3. The Morgan fingerprint density at radius 3 is 2.62 bits per heavy atom. The normalized spacial score (nSPS) is 17.0. The SMILES string of the molecule is CN=C(NCCCC1CCCCC1)NCC(c1cnn(C)c1)N(C)C.I. The lowest BCUT2D eigenvalue weighted by atomic mass is 9.86. The summed E-state index contributed by atoms with van der Waals surface area (Å²) in [6, 6.07) is 0.273. The van der Waals surface area contributed by atoms with Gasteiger partial charge in [-0.05, 0) is 32.9 Å². The van der Waals surface area contributed by atoms with Gasteiger partial charge in [0, 0.05) is 38.9 Å². The van der Waals surface area contributed by atoms with E-state index < -0.39 is 0 Å². The molecular weight excluding hydrogens is 439 g/mol. The fourth-order valence-electron chi connectivity index (χ4n) is 3.70. The first-order valence-corrected chi connectivity index (χ1v) is 9.69. The van der Waals surface area contributed by atoms with Crippen LogP contribution < -0.4 is 10.6 Å². The molecule has 1 atom stereocenters. The van der Waals surface area contributed by atoms with E-state index in [0.717, 1.165) is 25.0 Å². The molecule has 0 saturated heterocycles. The van der Waals surface area contributed by atoms with Crippen LogP contribution in [0.3, 0.4) is 0 Å². The van der Waals surface area contributed by atoms with Crippen LogP contribution in [0.5, 0.6) is 0 Å². The summed E-state index contributed by atoms with van der Waals surface area (Å²) in [6.07, 6.45) is 13.8. The number of aromatic nitrogens is 2. The molecule has 1 saturated carbocycles. The van der Waals surface area contributed by atoms with Crippen LogP contribution in [-0.2, 0) is 7.05 Å². The lowest BCUT2D eigenvalue weighted by Crippen LogP contribution is -2.42. The lowest BCUT2D eigenvalue weighted by Gasteiger charge is -2.25. The Hall–Kier alpha value is -0.830. The van der Waals surface area contributed by atoms with E-state index in [9.17, 15) is 0 Å². The highest BCUT2D eigenvalue weighted by molar-refractivity contribution is 14.0. The summed E-state index contributed by atoms with van der Waals surface area (Å²) < 4.78 is 1.85. The first-order chi connectivity index (χ1) is 12.1. The molecule has 2 rings (SSSR count). The highest BCUT2D eigenvalue weighted by Crippen LogP contribution is 2.26. The number of nitrogens with zero attached hydrogens (tertiary/aromatic N) is 4. The fraction of sp³-hybridized carbons (Fsp3) is 0.789. The van der Waals surface area contributed by atoms with E-state index in [4.69, 9.17) is 0 Å². The molecule has 150 valence electrons. The van der Waals surface area contributed by atoms with Crippen molar-refractivity contribution in [3.63, 3.8) is 0 Å². The van der Waals surface area contributed by atoms with Crippen LogP contribution in [-0.4, -0.2) is 54.9 Å². The number of aliphatic imine (C=N–C) groups is 1. The van der Waals surface area contributed by atoms with Crippen molar-refractivity contribution in [1.29, 1.82) is 0 Å². The minimum Gasteiger partial charge on any atom is -0.356 e. The highest BCUT2D eigenvalue weighted by atomic mass is 127. The summed E-state index contributed by atoms with van der Waals surface area (Å²) >= 11 is 0. The standard InChI is InChI=1S/C19H36N6.HI/c1-20-19(21-12-8-11-16-9-6-5-7-10-16)22-14-18(24(2)3)17-13-23-25(4)15-17;/h13,15-16,18H,5-12,14H2,1-4H3,(H2,20,21,22);1H. The maximum absolute atomic E-state index is 4.36. The van der Waals surface area contributed by atoms with Crippen LogP contribution in [0.4, 0.5) is 0 Å². The summed E-state index contributed by atoms with van der Waals surface area (Å²) in [5, 5.41) is 11.2. The Morgan fingerprint density at radius 1 is 1.31 bits per heavy atom. The molecule has 26 heavy (non-hydrogen) atoms. The van der Waals surface area contributed by atoms with Crippen molar-refractivity contribution in [2.24, 2.45) is 18.0 Å². The van der Waals surface area contributed by atoms with Crippen molar-refractivity contribution in [3.05, 3.63) is 18.0 Å². The third kappa shape index (κ3) is 7.82. The topological polar surface area (TPSA) is 57.5 Å². The predicted octanol–water partition coefficient (Wildman–Crippen LogP) is 3.17. The van der Waals surface area contributed by atoms with Crippen LogP contribution in [0.25, 0.3) is 0 Å². The van der Waals surface area contributed by atoms with Gasteiger partial charge < -0.3 is 15.5 Å². The molecule has 0 bridgehead atoms. The van der Waals surface area contributed by atoms with Gasteiger partial charge in [0.1, 0.15) is 0 Å². The van der Waals surface area contributed by atoms with Gasteiger partial charge in [-0.15, -0.1) is 24.0 Å².